The normalized spacial score (nSPS) is 15.9. The standard InChI is InChI=1S/2C8H11.Ta/c2*1-2-5-8-6-3-4-7-8;/h2*3,6H,2,4-5H2,1H3;/q2*-1;+2. The Morgan fingerprint density at radius 2 is 1.29 bits per heavy atom. The van der Waals surface area contributed by atoms with Crippen molar-refractivity contribution in [1.82, 2.24) is 0 Å². The zero-order valence-corrected chi connectivity index (χ0v) is 14.2. The van der Waals surface area contributed by atoms with E-state index in [0.717, 1.165) is 12.8 Å². The molecule has 0 N–H and O–H groups in total. The summed E-state index contributed by atoms with van der Waals surface area (Å²) >= 11 is 0. The fourth-order valence-electron chi connectivity index (χ4n) is 1.78. The molecule has 2 aliphatic rings. The van der Waals surface area contributed by atoms with Gasteiger partial charge in [0.05, 0.1) is 0 Å². The van der Waals surface area contributed by atoms with Crippen molar-refractivity contribution < 1.29 is 22.4 Å². The van der Waals surface area contributed by atoms with Crippen LogP contribution in [0.4, 0.5) is 0 Å². The van der Waals surface area contributed by atoms with Gasteiger partial charge in [0, 0.05) is 0 Å². The van der Waals surface area contributed by atoms with Crippen LogP contribution in [0.3, 0.4) is 0 Å². The molecule has 0 heterocycles. The first-order valence-electron chi connectivity index (χ1n) is 6.39. The zero-order valence-electron chi connectivity index (χ0n) is 11.0. The van der Waals surface area contributed by atoms with Crippen molar-refractivity contribution in [2.24, 2.45) is 0 Å². The second-order valence-electron chi connectivity index (χ2n) is 4.12. The van der Waals surface area contributed by atoms with Gasteiger partial charge < -0.3 is 0 Å². The second-order valence-corrected chi connectivity index (χ2v) is 4.12. The van der Waals surface area contributed by atoms with Crippen molar-refractivity contribution in [3.63, 3.8) is 0 Å². The third-order valence-electron chi connectivity index (χ3n) is 2.57. The van der Waals surface area contributed by atoms with E-state index in [-0.39, 0.29) is 22.4 Å². The van der Waals surface area contributed by atoms with E-state index in [2.05, 4.69) is 50.3 Å². The van der Waals surface area contributed by atoms with Crippen LogP contribution in [0, 0.1) is 12.2 Å². The van der Waals surface area contributed by atoms with Gasteiger partial charge in [-0.15, -0.1) is 12.8 Å². The summed E-state index contributed by atoms with van der Waals surface area (Å²) in [5.74, 6) is 0. The summed E-state index contributed by atoms with van der Waals surface area (Å²) in [5, 5.41) is 0. The maximum Gasteiger partial charge on any atom is 2.00 e. The molecule has 0 aromatic rings. The first-order valence-corrected chi connectivity index (χ1v) is 6.39. The Hall–Kier alpha value is -0.300. The molecule has 0 unspecified atom stereocenters. The molecule has 0 fully saturated rings. The molecule has 17 heavy (non-hydrogen) atoms. The monoisotopic (exact) mass is 395 g/mol. The molecule has 0 aliphatic heterocycles. The first kappa shape index (κ1) is 16.7. The van der Waals surface area contributed by atoms with Crippen molar-refractivity contribution in [2.45, 2.75) is 52.4 Å². The molecule has 0 bridgehead atoms. The van der Waals surface area contributed by atoms with Gasteiger partial charge in [0.15, 0.2) is 0 Å². The summed E-state index contributed by atoms with van der Waals surface area (Å²) in [6.07, 6.45) is 22.2. The van der Waals surface area contributed by atoms with Crippen molar-refractivity contribution in [1.29, 1.82) is 0 Å². The van der Waals surface area contributed by atoms with Gasteiger partial charge in [-0.3, -0.25) is 12.2 Å². The number of allylic oxidation sites excluding steroid dienone is 8. The van der Waals surface area contributed by atoms with Gasteiger partial charge in [-0.1, -0.05) is 39.5 Å². The molecule has 0 saturated carbocycles. The van der Waals surface area contributed by atoms with Gasteiger partial charge in [-0.05, 0) is 0 Å². The van der Waals surface area contributed by atoms with E-state index in [1.165, 1.54) is 36.8 Å². The topological polar surface area (TPSA) is 0 Å². The molecule has 0 atom stereocenters. The van der Waals surface area contributed by atoms with Crippen LogP contribution < -0.4 is 0 Å². The van der Waals surface area contributed by atoms with Gasteiger partial charge in [0.2, 0.25) is 0 Å². The molecular weight excluding hydrogens is 373 g/mol. The van der Waals surface area contributed by atoms with Crippen LogP contribution in [0.15, 0.2) is 35.5 Å². The van der Waals surface area contributed by atoms with E-state index in [0.29, 0.717) is 0 Å². The van der Waals surface area contributed by atoms with Crippen molar-refractivity contribution in [3.05, 3.63) is 47.6 Å². The van der Waals surface area contributed by atoms with Gasteiger partial charge in [-0.25, -0.2) is 23.3 Å². The Kier molecular flexibility index (Phi) is 10.6. The minimum atomic E-state index is 0. The minimum absolute atomic E-state index is 0. The minimum Gasteiger partial charge on any atom is -0.269 e. The summed E-state index contributed by atoms with van der Waals surface area (Å²) in [7, 11) is 0. The SMILES string of the molecule is CCCC1=[C-]CC=C1.CCCC1=[C-]CC=C1.[Ta+2]. The number of rotatable bonds is 4. The predicted molar refractivity (Wildman–Crippen MR) is 70.8 cm³/mol. The Morgan fingerprint density at radius 3 is 1.53 bits per heavy atom. The first-order chi connectivity index (χ1) is 7.86. The van der Waals surface area contributed by atoms with E-state index in [1.807, 2.05) is 0 Å². The van der Waals surface area contributed by atoms with Crippen LogP contribution in [0.25, 0.3) is 0 Å². The summed E-state index contributed by atoms with van der Waals surface area (Å²) in [6.45, 7) is 4.39. The fourth-order valence-corrected chi connectivity index (χ4v) is 1.78. The van der Waals surface area contributed by atoms with Crippen LogP contribution in [0.2, 0.25) is 0 Å². The summed E-state index contributed by atoms with van der Waals surface area (Å²) < 4.78 is 0. The van der Waals surface area contributed by atoms with E-state index >= 15 is 0 Å². The summed E-state index contributed by atoms with van der Waals surface area (Å²) in [5.41, 5.74) is 2.79. The van der Waals surface area contributed by atoms with Crippen molar-refractivity contribution >= 4 is 0 Å². The average Bonchev–Trinajstić information content (AvgIpc) is 2.92. The Bertz CT molecular complexity index is 273. The van der Waals surface area contributed by atoms with Crippen molar-refractivity contribution in [2.75, 3.05) is 0 Å². The third-order valence-corrected chi connectivity index (χ3v) is 2.57. The van der Waals surface area contributed by atoms with Gasteiger partial charge in [0.25, 0.3) is 0 Å². The Balaban J connectivity index is 0.000000284. The zero-order chi connectivity index (χ0) is 11.6. The largest absolute Gasteiger partial charge is 2.00 e. The maximum atomic E-state index is 3.26. The molecule has 0 aromatic heterocycles. The molecule has 0 aromatic carbocycles. The van der Waals surface area contributed by atoms with Crippen LogP contribution in [0.1, 0.15) is 52.4 Å². The van der Waals surface area contributed by atoms with Gasteiger partial charge in [-0.2, -0.15) is 12.2 Å². The van der Waals surface area contributed by atoms with E-state index in [9.17, 15) is 0 Å². The number of hydrogen-bond donors (Lipinski definition) is 0. The molecule has 0 saturated heterocycles. The Morgan fingerprint density at radius 1 is 0.882 bits per heavy atom. The molecule has 1 heteroatoms. The van der Waals surface area contributed by atoms with Crippen LogP contribution in [-0.4, -0.2) is 0 Å². The molecule has 0 spiro atoms. The quantitative estimate of drug-likeness (QED) is 0.591. The van der Waals surface area contributed by atoms with Crippen molar-refractivity contribution in [3.8, 4) is 0 Å². The fraction of sp³-hybridized carbons (Fsp3) is 0.500. The van der Waals surface area contributed by atoms with Crippen LogP contribution >= 0.6 is 0 Å². The van der Waals surface area contributed by atoms with E-state index < -0.39 is 0 Å². The van der Waals surface area contributed by atoms with Gasteiger partial charge >= 0.3 is 22.4 Å². The summed E-state index contributed by atoms with van der Waals surface area (Å²) in [4.78, 5) is 0. The summed E-state index contributed by atoms with van der Waals surface area (Å²) in [6, 6.07) is 0. The molecule has 1 radical (unpaired) electrons. The predicted octanol–water partition coefficient (Wildman–Crippen LogP) is 4.95. The molecule has 91 valence electrons. The van der Waals surface area contributed by atoms with E-state index in [4.69, 9.17) is 0 Å². The van der Waals surface area contributed by atoms with E-state index in [1.54, 1.807) is 0 Å². The third kappa shape index (κ3) is 7.59. The molecule has 2 rings (SSSR count). The Labute approximate surface area is 122 Å². The molecule has 0 nitrogen and oxygen atoms in total. The maximum absolute atomic E-state index is 3.26. The van der Waals surface area contributed by atoms with Crippen LogP contribution in [0.5, 0.6) is 0 Å². The molecule has 2 aliphatic carbocycles. The molecule has 0 amide bonds. The smallest absolute Gasteiger partial charge is 0.269 e. The van der Waals surface area contributed by atoms with Gasteiger partial charge in [0.1, 0.15) is 0 Å². The molecular formula is C16H22Ta. The second kappa shape index (κ2) is 10.8. The van der Waals surface area contributed by atoms with Crippen LogP contribution in [-0.2, 0) is 22.4 Å². The number of hydrogen-bond acceptors (Lipinski definition) is 0. The average molecular weight is 395 g/mol.